The van der Waals surface area contributed by atoms with E-state index in [9.17, 15) is 9.59 Å². The van der Waals surface area contributed by atoms with Gasteiger partial charge in [0.15, 0.2) is 0 Å². The lowest BCUT2D eigenvalue weighted by molar-refractivity contribution is -0.150. The lowest BCUT2D eigenvalue weighted by atomic mass is 10.2. The predicted octanol–water partition coefficient (Wildman–Crippen LogP) is 1.21. The van der Waals surface area contributed by atoms with E-state index in [0.717, 1.165) is 0 Å². The molecule has 1 amide bonds. The predicted molar refractivity (Wildman–Crippen MR) is 64.6 cm³/mol. The van der Waals surface area contributed by atoms with Crippen LogP contribution in [-0.4, -0.2) is 49.2 Å². The number of ether oxygens (including phenoxy) is 2. The average molecular weight is 245 g/mol. The molecule has 0 rings (SSSR count). The molecule has 0 heterocycles. The van der Waals surface area contributed by atoms with Gasteiger partial charge in [-0.25, -0.2) is 0 Å². The lowest BCUT2D eigenvalue weighted by Crippen LogP contribution is -2.41. The van der Waals surface area contributed by atoms with Crippen LogP contribution in [0.1, 0.15) is 34.1 Å². The Morgan fingerprint density at radius 2 is 1.82 bits per heavy atom. The molecule has 0 radical (unpaired) electrons. The second-order valence-electron chi connectivity index (χ2n) is 3.87. The van der Waals surface area contributed by atoms with E-state index in [1.807, 2.05) is 20.8 Å². The van der Waals surface area contributed by atoms with Crippen LogP contribution in [0.5, 0.6) is 0 Å². The number of carbonyl (C=O) groups is 2. The van der Waals surface area contributed by atoms with E-state index in [0.29, 0.717) is 26.2 Å². The molecule has 5 nitrogen and oxygen atoms in total. The zero-order valence-corrected chi connectivity index (χ0v) is 11.2. The summed E-state index contributed by atoms with van der Waals surface area (Å²) >= 11 is 0. The summed E-state index contributed by atoms with van der Waals surface area (Å²) in [4.78, 5) is 24.7. The summed E-state index contributed by atoms with van der Waals surface area (Å²) in [6.07, 6.45) is 0.297. The van der Waals surface area contributed by atoms with E-state index in [-0.39, 0.29) is 24.5 Å². The maximum absolute atomic E-state index is 11.8. The zero-order chi connectivity index (χ0) is 13.3. The molecule has 0 saturated heterocycles. The van der Waals surface area contributed by atoms with Crippen LogP contribution >= 0.6 is 0 Å². The second-order valence-corrected chi connectivity index (χ2v) is 3.87. The van der Waals surface area contributed by atoms with Crippen molar-refractivity contribution in [1.29, 1.82) is 0 Å². The van der Waals surface area contributed by atoms with Gasteiger partial charge in [0.2, 0.25) is 5.91 Å². The first-order valence-electron chi connectivity index (χ1n) is 6.05. The van der Waals surface area contributed by atoms with E-state index < -0.39 is 0 Å². The quantitative estimate of drug-likeness (QED) is 0.476. The van der Waals surface area contributed by atoms with E-state index in [1.165, 1.54) is 4.90 Å². The lowest BCUT2D eigenvalue weighted by Gasteiger charge is -2.25. The summed E-state index contributed by atoms with van der Waals surface area (Å²) < 4.78 is 9.96. The summed E-state index contributed by atoms with van der Waals surface area (Å²) in [5, 5.41) is 0. The number of esters is 1. The first kappa shape index (κ1) is 15.9. The van der Waals surface area contributed by atoms with Crippen LogP contribution in [0.4, 0.5) is 0 Å². The zero-order valence-electron chi connectivity index (χ0n) is 11.2. The monoisotopic (exact) mass is 245 g/mol. The Kier molecular flexibility index (Phi) is 8.40. The molecule has 100 valence electrons. The van der Waals surface area contributed by atoms with Crippen molar-refractivity contribution < 1.29 is 19.1 Å². The highest BCUT2D eigenvalue weighted by Crippen LogP contribution is 2.03. The Labute approximate surface area is 103 Å². The molecule has 0 unspecified atom stereocenters. The van der Waals surface area contributed by atoms with Gasteiger partial charge in [-0.2, -0.15) is 0 Å². The van der Waals surface area contributed by atoms with Crippen molar-refractivity contribution in [2.75, 3.05) is 26.4 Å². The maximum atomic E-state index is 11.8. The number of hydrogen-bond donors (Lipinski definition) is 0. The Bertz CT molecular complexity index is 241. The van der Waals surface area contributed by atoms with Gasteiger partial charge in [0.05, 0.1) is 19.6 Å². The summed E-state index contributed by atoms with van der Waals surface area (Å²) in [7, 11) is 0. The van der Waals surface area contributed by atoms with Gasteiger partial charge < -0.3 is 14.4 Å². The molecule has 17 heavy (non-hydrogen) atoms. The third-order valence-electron chi connectivity index (χ3n) is 2.21. The molecule has 0 spiro atoms. The molecule has 0 saturated carbocycles. The Hall–Kier alpha value is -1.10. The Morgan fingerprint density at radius 1 is 1.18 bits per heavy atom. The van der Waals surface area contributed by atoms with E-state index >= 15 is 0 Å². The van der Waals surface area contributed by atoms with Crippen LogP contribution in [-0.2, 0) is 19.1 Å². The van der Waals surface area contributed by atoms with E-state index in [1.54, 1.807) is 6.92 Å². The number of rotatable bonds is 8. The van der Waals surface area contributed by atoms with Gasteiger partial charge in [-0.1, -0.05) is 0 Å². The largest absolute Gasteiger partial charge is 0.465 e. The topological polar surface area (TPSA) is 55.8 Å². The normalized spacial score (nSPS) is 10.4. The molecule has 0 aliphatic heterocycles. The molecule has 0 aromatic carbocycles. The molecular weight excluding hydrogens is 222 g/mol. The van der Waals surface area contributed by atoms with Crippen molar-refractivity contribution in [3.8, 4) is 0 Å². The van der Waals surface area contributed by atoms with Crippen molar-refractivity contribution in [1.82, 2.24) is 4.90 Å². The summed E-state index contributed by atoms with van der Waals surface area (Å²) in [5.41, 5.74) is 0. The molecular formula is C12H23NO4. The first-order chi connectivity index (χ1) is 8.02. The SMILES string of the molecule is CCOCCC(=O)N(CC(=O)OCC)C(C)C. The minimum Gasteiger partial charge on any atom is -0.465 e. The van der Waals surface area contributed by atoms with Crippen LogP contribution in [0.2, 0.25) is 0 Å². The minimum atomic E-state index is -0.369. The molecule has 5 heteroatoms. The summed E-state index contributed by atoms with van der Waals surface area (Å²) in [5.74, 6) is -0.451. The van der Waals surface area contributed by atoms with Crippen LogP contribution in [0.3, 0.4) is 0 Å². The van der Waals surface area contributed by atoms with Gasteiger partial charge in [0, 0.05) is 12.6 Å². The molecule has 0 aliphatic carbocycles. The van der Waals surface area contributed by atoms with Crippen LogP contribution in [0.15, 0.2) is 0 Å². The van der Waals surface area contributed by atoms with E-state index in [2.05, 4.69) is 0 Å². The average Bonchev–Trinajstić information content (AvgIpc) is 2.26. The fraction of sp³-hybridized carbons (Fsp3) is 0.833. The fourth-order valence-electron chi connectivity index (χ4n) is 1.35. The molecule has 0 bridgehead atoms. The molecule has 0 aromatic heterocycles. The van der Waals surface area contributed by atoms with Crippen molar-refractivity contribution in [3.05, 3.63) is 0 Å². The molecule has 0 N–H and O–H groups in total. The maximum Gasteiger partial charge on any atom is 0.325 e. The van der Waals surface area contributed by atoms with Crippen molar-refractivity contribution >= 4 is 11.9 Å². The van der Waals surface area contributed by atoms with Crippen molar-refractivity contribution in [2.24, 2.45) is 0 Å². The number of amides is 1. The van der Waals surface area contributed by atoms with E-state index in [4.69, 9.17) is 9.47 Å². The second kappa shape index (κ2) is 8.98. The van der Waals surface area contributed by atoms with Gasteiger partial charge in [-0.3, -0.25) is 9.59 Å². The van der Waals surface area contributed by atoms with Gasteiger partial charge >= 0.3 is 5.97 Å². The van der Waals surface area contributed by atoms with Crippen LogP contribution < -0.4 is 0 Å². The molecule has 0 aromatic rings. The van der Waals surface area contributed by atoms with Gasteiger partial charge in [-0.15, -0.1) is 0 Å². The van der Waals surface area contributed by atoms with Crippen molar-refractivity contribution in [3.63, 3.8) is 0 Å². The number of nitrogens with zero attached hydrogens (tertiary/aromatic N) is 1. The summed E-state index contributed by atoms with van der Waals surface area (Å²) in [6.45, 7) is 8.69. The van der Waals surface area contributed by atoms with Crippen molar-refractivity contribution in [2.45, 2.75) is 40.2 Å². The van der Waals surface area contributed by atoms with Gasteiger partial charge in [-0.05, 0) is 27.7 Å². The highest BCUT2D eigenvalue weighted by molar-refractivity contribution is 5.82. The van der Waals surface area contributed by atoms with Crippen LogP contribution in [0, 0.1) is 0 Å². The smallest absolute Gasteiger partial charge is 0.325 e. The number of hydrogen-bond acceptors (Lipinski definition) is 4. The standard InChI is InChI=1S/C12H23NO4/c1-5-16-8-7-11(14)13(10(3)4)9-12(15)17-6-2/h10H,5-9H2,1-4H3. The molecule has 0 atom stereocenters. The first-order valence-corrected chi connectivity index (χ1v) is 6.05. The molecule has 0 aliphatic rings. The Morgan fingerprint density at radius 3 is 2.29 bits per heavy atom. The fourth-order valence-corrected chi connectivity index (χ4v) is 1.35. The third-order valence-corrected chi connectivity index (χ3v) is 2.21. The highest BCUT2D eigenvalue weighted by Gasteiger charge is 2.20. The van der Waals surface area contributed by atoms with Crippen LogP contribution in [0.25, 0.3) is 0 Å². The highest BCUT2D eigenvalue weighted by atomic mass is 16.5. The van der Waals surface area contributed by atoms with Gasteiger partial charge in [0.25, 0.3) is 0 Å². The number of carbonyl (C=O) groups excluding carboxylic acids is 2. The third kappa shape index (κ3) is 6.94. The Balaban J connectivity index is 4.21. The minimum absolute atomic E-state index is 0.0104. The van der Waals surface area contributed by atoms with Gasteiger partial charge in [0.1, 0.15) is 6.54 Å². The summed E-state index contributed by atoms with van der Waals surface area (Å²) in [6, 6.07) is -0.0199. The molecule has 0 fully saturated rings.